The maximum absolute atomic E-state index is 12.1. The van der Waals surface area contributed by atoms with Gasteiger partial charge >= 0.3 is 57.6 Å². The number of hydrogen-bond donors (Lipinski definition) is 1. The summed E-state index contributed by atoms with van der Waals surface area (Å²) in [6.45, 7) is 0. The molecule has 0 spiro atoms. The fraction of sp³-hybridized carbons (Fsp3) is 0.125. The van der Waals surface area contributed by atoms with E-state index in [-0.39, 0.29) is 56.9 Å². The summed E-state index contributed by atoms with van der Waals surface area (Å²) in [6, 6.07) is 3.66. The van der Waals surface area contributed by atoms with Crippen molar-refractivity contribution < 1.29 is 74.6 Å². The normalized spacial score (nSPS) is 10.4. The minimum absolute atomic E-state index is 0. The van der Waals surface area contributed by atoms with Crippen LogP contribution >= 0.6 is 0 Å². The smallest absolute Gasteiger partial charge is 0.530 e. The predicted octanol–water partition coefficient (Wildman–Crippen LogP) is -0.387. The van der Waals surface area contributed by atoms with Gasteiger partial charge in [-0.15, -0.1) is 0 Å². The topological polar surface area (TPSA) is 51.4 Å². The monoisotopic (exact) mass is 243 g/mol. The molecule has 3 nitrogen and oxygen atoms in total. The summed E-state index contributed by atoms with van der Waals surface area (Å²) in [4.78, 5) is 10.7. The average Bonchev–Trinajstić information content (AvgIpc) is 2.15. The molecule has 0 aromatic heterocycles. The minimum Gasteiger partial charge on any atom is -0.530 e. The van der Waals surface area contributed by atoms with Crippen LogP contribution in [0.4, 0.5) is 13.2 Å². The summed E-state index contributed by atoms with van der Waals surface area (Å²) in [6.07, 6.45) is -4.51. The zero-order chi connectivity index (χ0) is 10.8. The van der Waals surface area contributed by atoms with Crippen LogP contribution < -0.4 is 51.4 Å². The quantitative estimate of drug-likeness (QED) is 0.415. The first-order chi connectivity index (χ1) is 6.45. The Labute approximate surface area is 126 Å². The summed E-state index contributed by atoms with van der Waals surface area (Å²) in [5.74, 6) is -1.10. The van der Waals surface area contributed by atoms with Crippen molar-refractivity contribution in [1.29, 1.82) is 0 Å². The van der Waals surface area contributed by atoms with Gasteiger partial charge in [0.05, 0.1) is 5.56 Å². The largest absolute Gasteiger partial charge is 1.00 e. The average molecular weight is 243 g/mol. The van der Waals surface area contributed by atoms with E-state index < -0.39 is 17.6 Å². The van der Waals surface area contributed by atoms with E-state index in [1.807, 2.05) is 0 Å². The Morgan fingerprint density at radius 2 is 1.93 bits per heavy atom. The van der Waals surface area contributed by atoms with Crippen molar-refractivity contribution in [3.63, 3.8) is 0 Å². The van der Waals surface area contributed by atoms with Crippen LogP contribution in [0.3, 0.4) is 0 Å². The van der Waals surface area contributed by atoms with E-state index in [9.17, 15) is 18.0 Å². The molecule has 0 unspecified atom stereocenters. The molecule has 0 saturated carbocycles. The number of carbonyl (C=O) groups is 1. The van der Waals surface area contributed by atoms with E-state index in [0.29, 0.717) is 6.07 Å². The van der Waals surface area contributed by atoms with E-state index in [1.165, 1.54) is 0 Å². The van der Waals surface area contributed by atoms with Gasteiger partial charge in [0, 0.05) is 5.56 Å². The summed E-state index contributed by atoms with van der Waals surface area (Å²) in [5.41, 5.74) is 1.02. The molecule has 1 N–H and O–H groups in total. The van der Waals surface area contributed by atoms with Crippen LogP contribution in [-0.4, -0.2) is 11.1 Å². The molecule has 0 aliphatic rings. The molecular weight excluding hydrogens is 238 g/mol. The molecule has 0 radical (unpaired) electrons. The number of hydroxylamine groups is 1. The molecule has 1 rings (SSSR count). The maximum atomic E-state index is 12.1. The molecule has 1 aromatic rings. The number of alkyl halides is 3. The molecular formula is C8H5F3KNO2. The van der Waals surface area contributed by atoms with Crippen molar-refractivity contribution in [2.75, 3.05) is 0 Å². The molecule has 0 atom stereocenters. The number of rotatable bonds is 1. The van der Waals surface area contributed by atoms with Gasteiger partial charge in [-0.25, -0.2) is 0 Å². The van der Waals surface area contributed by atoms with Gasteiger partial charge in [0.15, 0.2) is 0 Å². The van der Waals surface area contributed by atoms with Gasteiger partial charge in [0.2, 0.25) is 0 Å². The molecule has 0 heterocycles. The number of carbonyl (C=O) groups excluding carboxylic acids is 1. The Hall–Kier alpha value is 0.0764. The molecule has 0 bridgehead atoms. The van der Waals surface area contributed by atoms with Gasteiger partial charge in [-0.1, -0.05) is 12.1 Å². The van der Waals surface area contributed by atoms with Gasteiger partial charge in [-0.3, -0.25) is 0 Å². The van der Waals surface area contributed by atoms with Crippen LogP contribution in [0.5, 0.6) is 0 Å². The van der Waals surface area contributed by atoms with Gasteiger partial charge < -0.3 is 15.5 Å². The van der Waals surface area contributed by atoms with Crippen LogP contribution in [0.25, 0.3) is 5.48 Å². The van der Waals surface area contributed by atoms with Crippen LogP contribution in [0, 0.1) is 0 Å². The van der Waals surface area contributed by atoms with Crippen LogP contribution in [0.1, 0.15) is 15.9 Å². The fourth-order valence-corrected chi connectivity index (χ4v) is 0.886. The van der Waals surface area contributed by atoms with Crippen molar-refractivity contribution in [3.8, 4) is 0 Å². The van der Waals surface area contributed by atoms with E-state index in [2.05, 4.69) is 5.48 Å². The molecule has 0 aliphatic heterocycles. The van der Waals surface area contributed by atoms with Crippen LogP contribution in [0.2, 0.25) is 0 Å². The molecule has 1 aromatic carbocycles. The predicted molar refractivity (Wildman–Crippen MR) is 40.9 cm³/mol. The Kier molecular flexibility index (Phi) is 6.00. The van der Waals surface area contributed by atoms with E-state index in [4.69, 9.17) is 5.21 Å². The Balaban J connectivity index is 0.00000196. The second kappa shape index (κ2) is 5.97. The molecule has 0 saturated heterocycles. The first kappa shape index (κ1) is 15.1. The van der Waals surface area contributed by atoms with E-state index >= 15 is 0 Å². The molecule has 0 fully saturated rings. The van der Waals surface area contributed by atoms with Gasteiger partial charge in [-0.2, -0.15) is 13.2 Å². The van der Waals surface area contributed by atoms with Crippen LogP contribution in [0.15, 0.2) is 24.3 Å². The Morgan fingerprint density at radius 1 is 1.33 bits per heavy atom. The van der Waals surface area contributed by atoms with Crippen LogP contribution in [-0.2, 0) is 6.18 Å². The minimum atomic E-state index is -4.51. The standard InChI is InChI=1S/C8H6F3NO2.K/c9-8(10,11)6-3-1-2-5(4-6)7(13)12-14;/h1-4H,(H2,12,13,14);/q;+1/p-1. The SMILES string of the molecule is O=C([N-]O)c1cccc(C(F)(F)F)c1.[K+]. The van der Waals surface area contributed by atoms with Gasteiger partial charge in [0.25, 0.3) is 0 Å². The number of nitrogens with zero attached hydrogens (tertiary/aromatic N) is 1. The fourth-order valence-electron chi connectivity index (χ4n) is 0.886. The Bertz CT molecular complexity index is 354. The zero-order valence-electron chi connectivity index (χ0n) is 7.75. The van der Waals surface area contributed by atoms with Gasteiger partial charge in [-0.05, 0) is 12.1 Å². The molecule has 0 aliphatic carbocycles. The molecule has 7 heteroatoms. The maximum Gasteiger partial charge on any atom is 1.00 e. The second-order valence-electron chi connectivity index (χ2n) is 2.48. The first-order valence-electron chi connectivity index (χ1n) is 3.52. The first-order valence-corrected chi connectivity index (χ1v) is 3.52. The third-order valence-corrected chi connectivity index (χ3v) is 1.53. The van der Waals surface area contributed by atoms with Crippen molar-refractivity contribution in [2.45, 2.75) is 6.18 Å². The number of halogens is 3. The van der Waals surface area contributed by atoms with Gasteiger partial charge in [0.1, 0.15) is 5.91 Å². The van der Waals surface area contributed by atoms with Crippen molar-refractivity contribution in [2.24, 2.45) is 0 Å². The zero-order valence-corrected chi connectivity index (χ0v) is 10.9. The summed E-state index contributed by atoms with van der Waals surface area (Å²) in [7, 11) is 0. The summed E-state index contributed by atoms with van der Waals surface area (Å²) in [5, 5.41) is 8.08. The molecule has 15 heavy (non-hydrogen) atoms. The molecule has 1 amide bonds. The number of amides is 1. The molecule has 76 valence electrons. The van der Waals surface area contributed by atoms with E-state index in [0.717, 1.165) is 18.2 Å². The van der Waals surface area contributed by atoms with Crippen molar-refractivity contribution in [3.05, 3.63) is 40.9 Å². The van der Waals surface area contributed by atoms with E-state index in [1.54, 1.807) is 0 Å². The van der Waals surface area contributed by atoms with Crippen molar-refractivity contribution in [1.82, 2.24) is 0 Å². The second-order valence-corrected chi connectivity index (χ2v) is 2.48. The summed E-state index contributed by atoms with van der Waals surface area (Å²) < 4.78 is 36.4. The number of hydrogen-bond acceptors (Lipinski definition) is 2. The summed E-state index contributed by atoms with van der Waals surface area (Å²) >= 11 is 0. The third-order valence-electron chi connectivity index (χ3n) is 1.53. The third kappa shape index (κ3) is 4.21. The number of benzene rings is 1. The Morgan fingerprint density at radius 3 is 2.40 bits per heavy atom. The van der Waals surface area contributed by atoms with Crippen molar-refractivity contribution >= 4 is 5.91 Å².